The normalized spacial score (nSPS) is 21.7. The van der Waals surface area contributed by atoms with Crippen LogP contribution < -0.4 is 0 Å². The first-order chi connectivity index (χ1) is 7.36. The standard InChI is InChI=1S/C14H15Br/c15-14(13-9-5-2-6-10-13)11-12-7-3-1-4-8-12/h2-3,5-7,9-12H,1,4,8H2/b14-11-. The van der Waals surface area contributed by atoms with E-state index in [0.29, 0.717) is 5.92 Å². The van der Waals surface area contributed by atoms with Gasteiger partial charge in [-0.3, -0.25) is 0 Å². The fraction of sp³-hybridized carbons (Fsp3) is 0.286. The molecule has 78 valence electrons. The molecule has 0 heterocycles. The van der Waals surface area contributed by atoms with E-state index in [1.54, 1.807) is 0 Å². The van der Waals surface area contributed by atoms with E-state index < -0.39 is 0 Å². The third-order valence-electron chi connectivity index (χ3n) is 2.70. The molecule has 0 aromatic heterocycles. The van der Waals surface area contributed by atoms with E-state index in [4.69, 9.17) is 0 Å². The summed E-state index contributed by atoms with van der Waals surface area (Å²) in [7, 11) is 0. The molecule has 0 saturated carbocycles. The van der Waals surface area contributed by atoms with Gasteiger partial charge in [0.15, 0.2) is 0 Å². The smallest absolute Gasteiger partial charge is 0.0213 e. The molecule has 0 radical (unpaired) electrons. The summed E-state index contributed by atoms with van der Waals surface area (Å²) in [5, 5.41) is 0. The first kappa shape index (κ1) is 10.7. The summed E-state index contributed by atoms with van der Waals surface area (Å²) in [5.41, 5.74) is 1.26. The topological polar surface area (TPSA) is 0 Å². The zero-order valence-electron chi connectivity index (χ0n) is 8.70. The van der Waals surface area contributed by atoms with Gasteiger partial charge in [0.25, 0.3) is 0 Å². The highest BCUT2D eigenvalue weighted by molar-refractivity contribution is 9.15. The van der Waals surface area contributed by atoms with Gasteiger partial charge in [0.2, 0.25) is 0 Å². The first-order valence-corrected chi connectivity index (χ1v) is 6.25. The number of hydrogen-bond acceptors (Lipinski definition) is 0. The summed E-state index contributed by atoms with van der Waals surface area (Å²) in [5.74, 6) is 0.605. The predicted octanol–water partition coefficient (Wildman–Crippen LogP) is 4.78. The van der Waals surface area contributed by atoms with Crippen molar-refractivity contribution in [3.63, 3.8) is 0 Å². The van der Waals surface area contributed by atoms with Crippen molar-refractivity contribution in [2.75, 3.05) is 0 Å². The molecule has 0 fully saturated rings. The van der Waals surface area contributed by atoms with E-state index >= 15 is 0 Å². The highest BCUT2D eigenvalue weighted by Crippen LogP contribution is 2.27. The minimum atomic E-state index is 0.605. The van der Waals surface area contributed by atoms with Gasteiger partial charge in [-0.1, -0.05) is 64.5 Å². The molecule has 0 N–H and O–H groups in total. The van der Waals surface area contributed by atoms with Crippen molar-refractivity contribution in [2.45, 2.75) is 19.3 Å². The second-order valence-corrected chi connectivity index (χ2v) is 4.76. The van der Waals surface area contributed by atoms with Crippen molar-refractivity contribution in [1.82, 2.24) is 0 Å². The van der Waals surface area contributed by atoms with Gasteiger partial charge in [-0.2, -0.15) is 0 Å². The third kappa shape index (κ3) is 3.07. The van der Waals surface area contributed by atoms with Crippen LogP contribution in [0.15, 0.2) is 48.6 Å². The lowest BCUT2D eigenvalue weighted by Gasteiger charge is -2.12. The van der Waals surface area contributed by atoms with Crippen molar-refractivity contribution in [3.8, 4) is 0 Å². The molecule has 0 nitrogen and oxygen atoms in total. The van der Waals surface area contributed by atoms with Gasteiger partial charge in [-0.15, -0.1) is 0 Å². The summed E-state index contributed by atoms with van der Waals surface area (Å²) >= 11 is 3.65. The number of hydrogen-bond donors (Lipinski definition) is 0. The maximum Gasteiger partial charge on any atom is 0.0213 e. The lowest BCUT2D eigenvalue weighted by atomic mass is 9.95. The first-order valence-electron chi connectivity index (χ1n) is 5.45. The van der Waals surface area contributed by atoms with Crippen molar-refractivity contribution in [2.24, 2.45) is 5.92 Å². The second kappa shape index (κ2) is 5.32. The van der Waals surface area contributed by atoms with Crippen molar-refractivity contribution >= 4 is 20.4 Å². The highest BCUT2D eigenvalue weighted by Gasteiger charge is 2.06. The van der Waals surface area contributed by atoms with Crippen LogP contribution in [0.5, 0.6) is 0 Å². The quantitative estimate of drug-likeness (QED) is 0.673. The largest absolute Gasteiger partial charge is 0.0879 e. The summed E-state index contributed by atoms with van der Waals surface area (Å²) in [6.07, 6.45) is 10.7. The number of rotatable bonds is 2. The molecule has 1 aromatic rings. The lowest BCUT2D eigenvalue weighted by molar-refractivity contribution is 0.632. The number of allylic oxidation sites excluding steroid dienone is 3. The summed E-state index contributed by atoms with van der Waals surface area (Å²) in [6.45, 7) is 0. The molecule has 0 aliphatic heterocycles. The molecule has 1 aromatic carbocycles. The van der Waals surface area contributed by atoms with Crippen LogP contribution in [0, 0.1) is 5.92 Å². The van der Waals surface area contributed by atoms with Gasteiger partial charge in [0.1, 0.15) is 0 Å². The molecular formula is C14H15Br. The molecular weight excluding hydrogens is 248 g/mol. The molecule has 0 saturated heterocycles. The summed E-state index contributed by atoms with van der Waals surface area (Å²) < 4.78 is 1.21. The van der Waals surface area contributed by atoms with Crippen molar-refractivity contribution in [1.29, 1.82) is 0 Å². The van der Waals surface area contributed by atoms with E-state index in [0.717, 1.165) is 0 Å². The van der Waals surface area contributed by atoms with Crippen molar-refractivity contribution in [3.05, 3.63) is 54.1 Å². The van der Waals surface area contributed by atoms with Crippen LogP contribution in [0.2, 0.25) is 0 Å². The minimum Gasteiger partial charge on any atom is -0.0879 e. The van der Waals surface area contributed by atoms with Gasteiger partial charge in [0.05, 0.1) is 0 Å². The molecule has 2 rings (SSSR count). The van der Waals surface area contributed by atoms with Crippen LogP contribution in [-0.2, 0) is 0 Å². The average Bonchev–Trinajstić information content (AvgIpc) is 2.31. The van der Waals surface area contributed by atoms with Gasteiger partial charge < -0.3 is 0 Å². The Labute approximate surface area is 99.8 Å². The van der Waals surface area contributed by atoms with Crippen LogP contribution in [0.4, 0.5) is 0 Å². The lowest BCUT2D eigenvalue weighted by Crippen LogP contribution is -1.96. The van der Waals surface area contributed by atoms with Gasteiger partial charge >= 0.3 is 0 Å². The number of benzene rings is 1. The molecule has 0 bridgehead atoms. The van der Waals surface area contributed by atoms with Crippen LogP contribution in [-0.4, -0.2) is 0 Å². The molecule has 1 heteroatoms. The SMILES string of the molecule is Br/C(=C\C1C=CCCC1)c1ccccc1. The van der Waals surface area contributed by atoms with E-state index in [-0.39, 0.29) is 0 Å². The average molecular weight is 263 g/mol. The molecule has 15 heavy (non-hydrogen) atoms. The number of halogens is 1. The maximum atomic E-state index is 3.65. The van der Waals surface area contributed by atoms with Crippen molar-refractivity contribution < 1.29 is 0 Å². The van der Waals surface area contributed by atoms with E-state index in [2.05, 4.69) is 58.4 Å². The highest BCUT2D eigenvalue weighted by atomic mass is 79.9. The van der Waals surface area contributed by atoms with Gasteiger partial charge in [0, 0.05) is 4.48 Å². The minimum absolute atomic E-state index is 0.605. The third-order valence-corrected chi connectivity index (χ3v) is 3.42. The predicted molar refractivity (Wildman–Crippen MR) is 69.8 cm³/mol. The van der Waals surface area contributed by atoms with E-state index in [1.165, 1.54) is 29.3 Å². The molecule has 1 aliphatic rings. The fourth-order valence-electron chi connectivity index (χ4n) is 1.86. The van der Waals surface area contributed by atoms with Gasteiger partial charge in [-0.05, 0) is 30.7 Å². The Bertz CT molecular complexity index is 362. The monoisotopic (exact) mass is 262 g/mol. The molecule has 1 aliphatic carbocycles. The summed E-state index contributed by atoms with van der Waals surface area (Å²) in [4.78, 5) is 0. The second-order valence-electron chi connectivity index (χ2n) is 3.90. The maximum absolute atomic E-state index is 3.65. The van der Waals surface area contributed by atoms with E-state index in [9.17, 15) is 0 Å². The van der Waals surface area contributed by atoms with E-state index in [1.807, 2.05) is 6.07 Å². The van der Waals surface area contributed by atoms with Crippen LogP contribution in [0.1, 0.15) is 24.8 Å². The van der Waals surface area contributed by atoms with Crippen LogP contribution >= 0.6 is 15.9 Å². The zero-order valence-corrected chi connectivity index (χ0v) is 10.3. The Balaban J connectivity index is 2.13. The Hall–Kier alpha value is -0.820. The molecule has 0 amide bonds. The molecule has 1 unspecified atom stereocenters. The van der Waals surface area contributed by atoms with Gasteiger partial charge in [-0.25, -0.2) is 0 Å². The molecule has 1 atom stereocenters. The Kier molecular flexibility index (Phi) is 3.79. The Morgan fingerprint density at radius 3 is 2.73 bits per heavy atom. The van der Waals surface area contributed by atoms with Crippen LogP contribution in [0.3, 0.4) is 0 Å². The summed E-state index contributed by atoms with van der Waals surface area (Å²) in [6, 6.07) is 10.5. The Morgan fingerprint density at radius 2 is 2.07 bits per heavy atom. The van der Waals surface area contributed by atoms with Crippen LogP contribution in [0.25, 0.3) is 4.48 Å². The molecule has 0 spiro atoms. The zero-order chi connectivity index (χ0) is 10.5. The Morgan fingerprint density at radius 1 is 1.27 bits per heavy atom. The fourth-order valence-corrected chi connectivity index (χ4v) is 2.46.